The molecule has 0 radical (unpaired) electrons. The summed E-state index contributed by atoms with van der Waals surface area (Å²) in [5.74, 6) is 0.832. The van der Waals surface area contributed by atoms with Gasteiger partial charge in [0.05, 0.1) is 13.2 Å². The van der Waals surface area contributed by atoms with Gasteiger partial charge in [0.15, 0.2) is 0 Å². The number of benzene rings is 1. The molecule has 1 heterocycles. The molecule has 1 aromatic carbocycles. The van der Waals surface area contributed by atoms with E-state index < -0.39 is 0 Å². The third-order valence-corrected chi connectivity index (χ3v) is 5.40. The Morgan fingerprint density at radius 2 is 2.05 bits per heavy atom. The maximum atomic E-state index is 12.7. The number of ether oxygens (including phenoxy) is 1. The van der Waals surface area contributed by atoms with E-state index in [1.54, 1.807) is 7.11 Å². The minimum atomic E-state index is -0.159. The average Bonchev–Trinajstić information content (AvgIpc) is 2.53. The van der Waals surface area contributed by atoms with E-state index in [-0.39, 0.29) is 17.4 Å². The van der Waals surface area contributed by atoms with Gasteiger partial charge in [-0.2, -0.15) is 0 Å². The molecule has 1 N–H and O–H groups in total. The average molecular weight is 289 g/mol. The number of carbonyl (C=O) groups is 1. The molecular weight excluding hydrogens is 266 g/mol. The largest absolute Gasteiger partial charge is 0.496 e. The summed E-state index contributed by atoms with van der Waals surface area (Å²) in [4.78, 5) is 14.6. The second kappa shape index (κ2) is 5.34. The standard InChI is InChI=1S/C17H23NO3/c1-12-13(4-3-5-14(12)21-2)16(20)18-10-8-17(9-11-18)7-6-15(17)19/h3-5,15,19H,6-11H2,1-2H3. The Morgan fingerprint density at radius 1 is 1.33 bits per heavy atom. The lowest BCUT2D eigenvalue weighted by Gasteiger charge is -2.51. The summed E-state index contributed by atoms with van der Waals surface area (Å²) in [7, 11) is 1.62. The molecule has 114 valence electrons. The van der Waals surface area contributed by atoms with Crippen molar-refractivity contribution in [1.82, 2.24) is 4.90 Å². The van der Waals surface area contributed by atoms with Gasteiger partial charge < -0.3 is 14.7 Å². The van der Waals surface area contributed by atoms with Gasteiger partial charge in [-0.25, -0.2) is 0 Å². The Morgan fingerprint density at radius 3 is 2.57 bits per heavy atom. The lowest BCUT2D eigenvalue weighted by Crippen LogP contribution is -2.53. The zero-order valence-corrected chi connectivity index (χ0v) is 12.8. The summed E-state index contributed by atoms with van der Waals surface area (Å²) in [5.41, 5.74) is 1.72. The van der Waals surface area contributed by atoms with E-state index in [2.05, 4.69) is 0 Å². The number of likely N-dealkylation sites (tertiary alicyclic amines) is 1. The highest BCUT2D eigenvalue weighted by molar-refractivity contribution is 5.96. The molecule has 1 spiro atoms. The maximum absolute atomic E-state index is 12.7. The van der Waals surface area contributed by atoms with Crippen LogP contribution in [0.5, 0.6) is 5.75 Å². The number of amides is 1. The second-order valence-electron chi connectivity index (χ2n) is 6.34. The smallest absolute Gasteiger partial charge is 0.254 e. The molecule has 1 aliphatic heterocycles. The van der Waals surface area contributed by atoms with Crippen molar-refractivity contribution in [3.8, 4) is 5.75 Å². The van der Waals surface area contributed by atoms with Crippen molar-refractivity contribution in [1.29, 1.82) is 0 Å². The Bertz CT molecular complexity index is 547. The van der Waals surface area contributed by atoms with Crippen LogP contribution in [-0.4, -0.2) is 42.2 Å². The van der Waals surface area contributed by atoms with E-state index in [1.165, 1.54) is 0 Å². The van der Waals surface area contributed by atoms with Crippen LogP contribution in [0.25, 0.3) is 0 Å². The number of aliphatic hydroxyl groups is 1. The van der Waals surface area contributed by atoms with Gasteiger partial charge in [-0.15, -0.1) is 0 Å². The van der Waals surface area contributed by atoms with Crippen LogP contribution < -0.4 is 4.74 Å². The van der Waals surface area contributed by atoms with Gasteiger partial charge in [-0.05, 0) is 50.2 Å². The molecule has 3 rings (SSSR count). The van der Waals surface area contributed by atoms with Gasteiger partial charge in [0, 0.05) is 24.2 Å². The van der Waals surface area contributed by atoms with Crippen molar-refractivity contribution in [2.24, 2.45) is 5.41 Å². The third kappa shape index (κ3) is 2.31. The van der Waals surface area contributed by atoms with E-state index in [9.17, 15) is 9.90 Å². The first-order valence-electron chi connectivity index (χ1n) is 7.68. The topological polar surface area (TPSA) is 49.8 Å². The van der Waals surface area contributed by atoms with E-state index in [0.717, 1.165) is 55.6 Å². The fourth-order valence-corrected chi connectivity index (χ4v) is 3.66. The van der Waals surface area contributed by atoms with Gasteiger partial charge in [0.1, 0.15) is 5.75 Å². The first kappa shape index (κ1) is 14.4. The molecule has 1 atom stereocenters. The number of carbonyl (C=O) groups excluding carboxylic acids is 1. The van der Waals surface area contributed by atoms with Gasteiger partial charge in [0.2, 0.25) is 0 Å². The highest BCUT2D eigenvalue weighted by Gasteiger charge is 2.47. The van der Waals surface area contributed by atoms with Crippen LogP contribution in [-0.2, 0) is 0 Å². The highest BCUT2D eigenvalue weighted by atomic mass is 16.5. The van der Waals surface area contributed by atoms with Gasteiger partial charge >= 0.3 is 0 Å². The Labute approximate surface area is 125 Å². The summed E-state index contributed by atoms with van der Waals surface area (Å²) in [6, 6.07) is 5.60. The lowest BCUT2D eigenvalue weighted by atomic mass is 9.61. The molecule has 1 saturated carbocycles. The number of hydrogen-bond donors (Lipinski definition) is 1. The lowest BCUT2D eigenvalue weighted by molar-refractivity contribution is -0.0952. The number of hydrogen-bond acceptors (Lipinski definition) is 3. The predicted molar refractivity (Wildman–Crippen MR) is 80.5 cm³/mol. The fourth-order valence-electron chi connectivity index (χ4n) is 3.66. The minimum Gasteiger partial charge on any atom is -0.496 e. The Kier molecular flexibility index (Phi) is 3.66. The Hall–Kier alpha value is -1.55. The number of aliphatic hydroxyl groups excluding tert-OH is 1. The predicted octanol–water partition coefficient (Wildman–Crippen LogP) is 2.38. The van der Waals surface area contributed by atoms with Crippen molar-refractivity contribution in [2.45, 2.75) is 38.7 Å². The third-order valence-electron chi connectivity index (χ3n) is 5.40. The van der Waals surface area contributed by atoms with Crippen LogP contribution in [0.2, 0.25) is 0 Å². The molecule has 4 nitrogen and oxygen atoms in total. The second-order valence-corrected chi connectivity index (χ2v) is 6.34. The molecule has 1 aromatic rings. The molecule has 0 aromatic heterocycles. The molecule has 2 fully saturated rings. The van der Waals surface area contributed by atoms with Crippen molar-refractivity contribution < 1.29 is 14.6 Å². The number of rotatable bonds is 2. The van der Waals surface area contributed by atoms with E-state index >= 15 is 0 Å². The molecule has 0 bridgehead atoms. The molecule has 1 unspecified atom stereocenters. The van der Waals surface area contributed by atoms with Crippen LogP contribution in [0, 0.1) is 12.3 Å². The molecule has 1 saturated heterocycles. The number of methoxy groups -OCH3 is 1. The fraction of sp³-hybridized carbons (Fsp3) is 0.588. The van der Waals surface area contributed by atoms with Crippen molar-refractivity contribution in [3.63, 3.8) is 0 Å². The zero-order valence-electron chi connectivity index (χ0n) is 12.8. The van der Waals surface area contributed by atoms with Crippen molar-refractivity contribution >= 4 is 5.91 Å². The van der Waals surface area contributed by atoms with E-state index in [4.69, 9.17) is 4.74 Å². The minimum absolute atomic E-state index is 0.0788. The summed E-state index contributed by atoms with van der Waals surface area (Å²) in [6.45, 7) is 3.41. The van der Waals surface area contributed by atoms with Crippen LogP contribution in [0.3, 0.4) is 0 Å². The molecule has 1 amide bonds. The highest BCUT2D eigenvalue weighted by Crippen LogP contribution is 2.49. The monoisotopic (exact) mass is 289 g/mol. The van der Waals surface area contributed by atoms with Crippen LogP contribution >= 0.6 is 0 Å². The van der Waals surface area contributed by atoms with Gasteiger partial charge in [0.25, 0.3) is 5.91 Å². The Balaban J connectivity index is 1.72. The number of piperidine rings is 1. The summed E-state index contributed by atoms with van der Waals surface area (Å²) in [5, 5.41) is 9.96. The first-order chi connectivity index (χ1) is 10.1. The molecule has 2 aliphatic rings. The SMILES string of the molecule is COc1cccc(C(=O)N2CCC3(CCC3O)CC2)c1C. The quantitative estimate of drug-likeness (QED) is 0.909. The maximum Gasteiger partial charge on any atom is 0.254 e. The normalized spacial score (nSPS) is 23.8. The van der Waals surface area contributed by atoms with Crippen molar-refractivity contribution in [3.05, 3.63) is 29.3 Å². The molecule has 1 aliphatic carbocycles. The van der Waals surface area contributed by atoms with Crippen LogP contribution in [0.1, 0.15) is 41.6 Å². The van der Waals surface area contributed by atoms with Crippen LogP contribution in [0.4, 0.5) is 0 Å². The van der Waals surface area contributed by atoms with E-state index in [0.29, 0.717) is 0 Å². The van der Waals surface area contributed by atoms with Crippen LogP contribution in [0.15, 0.2) is 18.2 Å². The summed E-state index contributed by atoms with van der Waals surface area (Å²) in [6.07, 6.45) is 3.71. The number of nitrogens with zero attached hydrogens (tertiary/aromatic N) is 1. The zero-order chi connectivity index (χ0) is 15.0. The van der Waals surface area contributed by atoms with Crippen molar-refractivity contribution in [2.75, 3.05) is 20.2 Å². The molecular formula is C17H23NO3. The molecule has 4 heteroatoms. The first-order valence-corrected chi connectivity index (χ1v) is 7.68. The molecule has 21 heavy (non-hydrogen) atoms. The van der Waals surface area contributed by atoms with E-state index in [1.807, 2.05) is 30.0 Å². The van der Waals surface area contributed by atoms with Gasteiger partial charge in [-0.3, -0.25) is 4.79 Å². The summed E-state index contributed by atoms with van der Waals surface area (Å²) < 4.78 is 5.29. The summed E-state index contributed by atoms with van der Waals surface area (Å²) >= 11 is 0. The van der Waals surface area contributed by atoms with Gasteiger partial charge in [-0.1, -0.05) is 6.07 Å².